The van der Waals surface area contributed by atoms with E-state index in [1.807, 2.05) is 37.2 Å². The Hall–Kier alpha value is -8.21. The Morgan fingerprint density at radius 1 is 0.246 bits per heavy atom. The van der Waals surface area contributed by atoms with Gasteiger partial charge in [0.15, 0.2) is 0 Å². The van der Waals surface area contributed by atoms with E-state index in [1.54, 1.807) is 0 Å². The number of nitrogens with zero attached hydrogens (tertiary/aromatic N) is 4. The Balaban J connectivity index is 1.06. The molecule has 0 aliphatic rings. The van der Waals surface area contributed by atoms with Gasteiger partial charge >= 0.3 is 0 Å². The van der Waals surface area contributed by atoms with Gasteiger partial charge in [0, 0.05) is 53.6 Å². The molecule has 0 aliphatic carbocycles. The second kappa shape index (κ2) is 15.5. The predicted molar refractivity (Wildman–Crippen MR) is 252 cm³/mol. The zero-order valence-electron chi connectivity index (χ0n) is 33.2. The minimum atomic E-state index is 1.13. The molecule has 11 aromatic rings. The standard InChI is InChI=1S/C57H38N4/c1-2-16-53(17-3-1)61-56-19-18-49(37-54(56)55-38-60-29-24-57(55)61)52-35-50(47-14-6-12-45(32-47)43-10-4-8-41(30-43)39-20-25-58-26-21-39)34-51(36-52)48-15-7-13-46(33-48)44-11-5-9-42(31-44)40-22-27-59-28-23-40/h1-38H. The third-order valence-corrected chi connectivity index (χ3v) is 11.7. The highest BCUT2D eigenvalue weighted by atomic mass is 15.0. The molecule has 4 heteroatoms. The summed E-state index contributed by atoms with van der Waals surface area (Å²) in [5.74, 6) is 0. The van der Waals surface area contributed by atoms with Crippen molar-refractivity contribution in [3.05, 3.63) is 231 Å². The van der Waals surface area contributed by atoms with Crippen LogP contribution in [0, 0.1) is 0 Å². The summed E-state index contributed by atoms with van der Waals surface area (Å²) in [4.78, 5) is 13.0. The smallest absolute Gasteiger partial charge is 0.0571 e. The summed E-state index contributed by atoms with van der Waals surface area (Å²) in [5.41, 5.74) is 19.6. The molecule has 0 N–H and O–H groups in total. The van der Waals surface area contributed by atoms with E-state index in [0.717, 1.165) is 66.6 Å². The minimum absolute atomic E-state index is 1.13. The Bertz CT molecular complexity index is 3210. The largest absolute Gasteiger partial charge is 0.309 e. The lowest BCUT2D eigenvalue weighted by atomic mass is 9.90. The van der Waals surface area contributed by atoms with Crippen LogP contribution in [0.15, 0.2) is 231 Å². The molecule has 11 rings (SSSR count). The molecule has 0 saturated heterocycles. The molecule has 0 radical (unpaired) electrons. The second-order valence-electron chi connectivity index (χ2n) is 15.4. The molecule has 0 atom stereocenters. The van der Waals surface area contributed by atoms with Crippen molar-refractivity contribution in [3.63, 3.8) is 0 Å². The first kappa shape index (κ1) is 35.9. The topological polar surface area (TPSA) is 43.6 Å². The number of pyridine rings is 3. The summed E-state index contributed by atoms with van der Waals surface area (Å²) in [5, 5.41) is 2.30. The molecule has 61 heavy (non-hydrogen) atoms. The Labute approximate surface area is 354 Å². The molecule has 0 spiro atoms. The van der Waals surface area contributed by atoms with Crippen molar-refractivity contribution in [1.82, 2.24) is 19.5 Å². The Morgan fingerprint density at radius 3 is 1.10 bits per heavy atom. The third kappa shape index (κ3) is 6.96. The lowest BCUT2D eigenvalue weighted by Crippen LogP contribution is -1.93. The van der Waals surface area contributed by atoms with Crippen molar-refractivity contribution in [1.29, 1.82) is 0 Å². The van der Waals surface area contributed by atoms with Crippen molar-refractivity contribution in [2.24, 2.45) is 0 Å². The van der Waals surface area contributed by atoms with Gasteiger partial charge in [0.25, 0.3) is 0 Å². The van der Waals surface area contributed by atoms with Gasteiger partial charge in [-0.25, -0.2) is 0 Å². The number of rotatable bonds is 8. The molecular weight excluding hydrogens is 741 g/mol. The summed E-state index contributed by atoms with van der Waals surface area (Å²) in [6.45, 7) is 0. The maximum Gasteiger partial charge on any atom is 0.0571 e. The van der Waals surface area contributed by atoms with Crippen LogP contribution in [0.2, 0.25) is 0 Å². The number of para-hydroxylation sites is 1. The van der Waals surface area contributed by atoms with Gasteiger partial charge in [0.1, 0.15) is 0 Å². The quantitative estimate of drug-likeness (QED) is 0.154. The van der Waals surface area contributed by atoms with E-state index in [4.69, 9.17) is 0 Å². The van der Waals surface area contributed by atoms with Gasteiger partial charge in [-0.05, 0) is 175 Å². The van der Waals surface area contributed by atoms with E-state index in [1.165, 1.54) is 38.8 Å². The van der Waals surface area contributed by atoms with Gasteiger partial charge in [-0.2, -0.15) is 0 Å². The minimum Gasteiger partial charge on any atom is -0.309 e. The fraction of sp³-hybridized carbons (Fsp3) is 0. The van der Waals surface area contributed by atoms with E-state index in [9.17, 15) is 0 Å². The van der Waals surface area contributed by atoms with Crippen molar-refractivity contribution < 1.29 is 0 Å². The molecule has 286 valence electrons. The first-order valence-electron chi connectivity index (χ1n) is 20.5. The van der Waals surface area contributed by atoms with Crippen LogP contribution in [0.4, 0.5) is 0 Å². The SMILES string of the molecule is c1ccc(-n2c3ccncc3c3cc(-c4cc(-c5cccc(-c6cccc(-c7ccncc7)c6)c5)cc(-c5cccc(-c6cccc(-c7ccncc7)c6)c5)c4)ccc32)cc1. The molecule has 0 amide bonds. The molecule has 0 bridgehead atoms. The molecule has 0 unspecified atom stereocenters. The van der Waals surface area contributed by atoms with Crippen LogP contribution < -0.4 is 0 Å². The summed E-state index contributed by atoms with van der Waals surface area (Å²) in [6.07, 6.45) is 11.3. The van der Waals surface area contributed by atoms with E-state index in [0.29, 0.717) is 0 Å². The van der Waals surface area contributed by atoms with Crippen molar-refractivity contribution in [2.45, 2.75) is 0 Å². The van der Waals surface area contributed by atoms with Crippen molar-refractivity contribution >= 4 is 21.8 Å². The molecule has 0 aliphatic heterocycles. The van der Waals surface area contributed by atoms with E-state index in [2.05, 4.69) is 214 Å². The Kier molecular flexibility index (Phi) is 9.14. The van der Waals surface area contributed by atoms with Crippen LogP contribution in [-0.4, -0.2) is 19.5 Å². The predicted octanol–water partition coefficient (Wildman–Crippen LogP) is 14.6. The number of aromatic nitrogens is 4. The monoisotopic (exact) mass is 778 g/mol. The van der Waals surface area contributed by atoms with E-state index in [-0.39, 0.29) is 0 Å². The molecule has 4 nitrogen and oxygen atoms in total. The van der Waals surface area contributed by atoms with Crippen molar-refractivity contribution in [2.75, 3.05) is 0 Å². The number of hydrogen-bond donors (Lipinski definition) is 0. The highest BCUT2D eigenvalue weighted by Gasteiger charge is 2.16. The lowest BCUT2D eigenvalue weighted by molar-refractivity contribution is 1.17. The first-order chi connectivity index (χ1) is 30.2. The van der Waals surface area contributed by atoms with Gasteiger partial charge in [-0.1, -0.05) is 97.1 Å². The van der Waals surface area contributed by atoms with Crippen LogP contribution in [-0.2, 0) is 0 Å². The van der Waals surface area contributed by atoms with Crippen LogP contribution in [0.25, 0.3) is 105 Å². The molecule has 4 aromatic heterocycles. The number of fused-ring (bicyclic) bond motifs is 3. The normalized spacial score (nSPS) is 11.3. The van der Waals surface area contributed by atoms with Gasteiger partial charge < -0.3 is 4.57 Å². The van der Waals surface area contributed by atoms with E-state index < -0.39 is 0 Å². The average molecular weight is 779 g/mol. The van der Waals surface area contributed by atoms with Gasteiger partial charge in [-0.15, -0.1) is 0 Å². The van der Waals surface area contributed by atoms with Gasteiger partial charge in [0.05, 0.1) is 11.0 Å². The first-order valence-corrected chi connectivity index (χ1v) is 20.5. The summed E-state index contributed by atoms with van der Waals surface area (Å²) in [6, 6.07) is 70.1. The number of benzene rings is 7. The fourth-order valence-electron chi connectivity index (χ4n) is 8.63. The number of hydrogen-bond acceptors (Lipinski definition) is 3. The highest BCUT2D eigenvalue weighted by molar-refractivity contribution is 6.10. The van der Waals surface area contributed by atoms with Crippen LogP contribution in [0.5, 0.6) is 0 Å². The molecule has 7 aromatic carbocycles. The molecule has 0 saturated carbocycles. The summed E-state index contributed by atoms with van der Waals surface area (Å²) >= 11 is 0. The van der Waals surface area contributed by atoms with Crippen LogP contribution >= 0.6 is 0 Å². The van der Waals surface area contributed by atoms with Gasteiger partial charge in [-0.3, -0.25) is 15.0 Å². The van der Waals surface area contributed by atoms with Crippen molar-refractivity contribution in [3.8, 4) is 83.6 Å². The molecule has 0 fully saturated rings. The Morgan fingerprint density at radius 2 is 0.623 bits per heavy atom. The van der Waals surface area contributed by atoms with E-state index >= 15 is 0 Å². The van der Waals surface area contributed by atoms with Gasteiger partial charge in [0.2, 0.25) is 0 Å². The second-order valence-corrected chi connectivity index (χ2v) is 15.4. The van der Waals surface area contributed by atoms with Crippen LogP contribution in [0.1, 0.15) is 0 Å². The maximum atomic E-state index is 4.57. The molecular formula is C57H38N4. The lowest BCUT2D eigenvalue weighted by Gasteiger charge is -2.14. The zero-order valence-corrected chi connectivity index (χ0v) is 33.2. The highest BCUT2D eigenvalue weighted by Crippen LogP contribution is 2.39. The third-order valence-electron chi connectivity index (χ3n) is 11.7. The maximum absolute atomic E-state index is 4.57. The van der Waals surface area contributed by atoms with Crippen LogP contribution in [0.3, 0.4) is 0 Å². The fourth-order valence-corrected chi connectivity index (χ4v) is 8.63. The summed E-state index contributed by atoms with van der Waals surface area (Å²) < 4.78 is 2.34. The average Bonchev–Trinajstić information content (AvgIpc) is 3.68. The zero-order chi connectivity index (χ0) is 40.5. The molecule has 4 heterocycles. The summed E-state index contributed by atoms with van der Waals surface area (Å²) in [7, 11) is 0.